The molecule has 1 aromatic rings. The summed E-state index contributed by atoms with van der Waals surface area (Å²) in [4.78, 5) is 22.7. The van der Waals surface area contributed by atoms with Crippen molar-refractivity contribution in [3.8, 4) is 5.75 Å². The summed E-state index contributed by atoms with van der Waals surface area (Å²) in [5, 5.41) is 18.3. The van der Waals surface area contributed by atoms with Crippen LogP contribution in [0.25, 0.3) is 0 Å². The summed E-state index contributed by atoms with van der Waals surface area (Å²) in [6.07, 6.45) is 1.63. The van der Waals surface area contributed by atoms with Gasteiger partial charge in [0.25, 0.3) is 0 Å². The van der Waals surface area contributed by atoms with E-state index >= 15 is 0 Å². The number of carboxylic acid groups (broad SMARTS) is 1. The first-order chi connectivity index (χ1) is 9.45. The van der Waals surface area contributed by atoms with Crippen LogP contribution in [0.3, 0.4) is 0 Å². The molecule has 0 bridgehead atoms. The molecule has 1 atom stereocenters. The Labute approximate surface area is 117 Å². The third kappa shape index (κ3) is 4.55. The first-order valence-corrected chi connectivity index (χ1v) is 6.43. The average molecular weight is 281 g/mol. The molecule has 0 heterocycles. The standard InChI is InChI=1S/C14H19NO5/c1-2-3-6-20-14(19)11-8-10(16)5-4-9(11)7-12(15)13(17)18/h4-5,8,12,16H,2-3,6-7,15H2,1H3,(H,17,18). The van der Waals surface area contributed by atoms with E-state index in [0.717, 1.165) is 12.8 Å². The van der Waals surface area contributed by atoms with Gasteiger partial charge in [0.05, 0.1) is 12.2 Å². The van der Waals surface area contributed by atoms with Crippen molar-refractivity contribution in [1.82, 2.24) is 0 Å². The van der Waals surface area contributed by atoms with Gasteiger partial charge in [-0.1, -0.05) is 19.4 Å². The second-order valence-electron chi connectivity index (χ2n) is 4.48. The van der Waals surface area contributed by atoms with Crippen LogP contribution < -0.4 is 5.73 Å². The molecule has 20 heavy (non-hydrogen) atoms. The zero-order valence-corrected chi connectivity index (χ0v) is 11.3. The smallest absolute Gasteiger partial charge is 0.338 e. The molecule has 0 amide bonds. The van der Waals surface area contributed by atoms with Gasteiger partial charge in [-0.05, 0) is 30.5 Å². The van der Waals surface area contributed by atoms with Gasteiger partial charge in [0.15, 0.2) is 0 Å². The summed E-state index contributed by atoms with van der Waals surface area (Å²) in [7, 11) is 0. The number of aliphatic carboxylic acids is 1. The van der Waals surface area contributed by atoms with E-state index in [0.29, 0.717) is 5.56 Å². The zero-order chi connectivity index (χ0) is 15.1. The first kappa shape index (κ1) is 16.0. The van der Waals surface area contributed by atoms with E-state index in [-0.39, 0.29) is 24.3 Å². The number of benzene rings is 1. The summed E-state index contributed by atoms with van der Waals surface area (Å²) in [5.74, 6) is -1.81. The number of ether oxygens (including phenoxy) is 1. The van der Waals surface area contributed by atoms with Crippen molar-refractivity contribution in [1.29, 1.82) is 0 Å². The second kappa shape index (κ2) is 7.49. The quantitative estimate of drug-likeness (QED) is 0.513. The fourth-order valence-electron chi connectivity index (χ4n) is 1.64. The molecule has 4 N–H and O–H groups in total. The topological polar surface area (TPSA) is 110 Å². The first-order valence-electron chi connectivity index (χ1n) is 6.43. The van der Waals surface area contributed by atoms with Gasteiger partial charge in [0.1, 0.15) is 11.8 Å². The Morgan fingerprint density at radius 2 is 2.10 bits per heavy atom. The van der Waals surface area contributed by atoms with Gasteiger partial charge in [-0.15, -0.1) is 0 Å². The summed E-state index contributed by atoms with van der Waals surface area (Å²) in [6.45, 7) is 2.26. The lowest BCUT2D eigenvalue weighted by molar-refractivity contribution is -0.138. The fraction of sp³-hybridized carbons (Fsp3) is 0.429. The highest BCUT2D eigenvalue weighted by molar-refractivity contribution is 5.92. The highest BCUT2D eigenvalue weighted by Gasteiger charge is 2.19. The molecule has 110 valence electrons. The highest BCUT2D eigenvalue weighted by Crippen LogP contribution is 2.19. The van der Waals surface area contributed by atoms with Gasteiger partial charge < -0.3 is 20.7 Å². The van der Waals surface area contributed by atoms with Crippen LogP contribution in [0.15, 0.2) is 18.2 Å². The fourth-order valence-corrected chi connectivity index (χ4v) is 1.64. The van der Waals surface area contributed by atoms with Crippen LogP contribution >= 0.6 is 0 Å². The largest absolute Gasteiger partial charge is 0.508 e. The number of rotatable bonds is 7. The van der Waals surface area contributed by atoms with E-state index in [4.69, 9.17) is 15.6 Å². The third-order valence-corrected chi connectivity index (χ3v) is 2.80. The van der Waals surface area contributed by atoms with Crippen molar-refractivity contribution in [3.63, 3.8) is 0 Å². The lowest BCUT2D eigenvalue weighted by atomic mass is 10.0. The maximum atomic E-state index is 11.9. The number of unbranched alkanes of at least 4 members (excludes halogenated alkanes) is 1. The second-order valence-corrected chi connectivity index (χ2v) is 4.48. The minimum atomic E-state index is -1.15. The van der Waals surface area contributed by atoms with Gasteiger partial charge in [0, 0.05) is 0 Å². The van der Waals surface area contributed by atoms with Gasteiger partial charge in [-0.2, -0.15) is 0 Å². The van der Waals surface area contributed by atoms with E-state index in [1.54, 1.807) is 0 Å². The van der Waals surface area contributed by atoms with Crippen LogP contribution in [0.5, 0.6) is 5.75 Å². The molecule has 0 aromatic heterocycles. The Hall–Kier alpha value is -2.08. The van der Waals surface area contributed by atoms with E-state index in [1.807, 2.05) is 6.92 Å². The normalized spacial score (nSPS) is 11.9. The Morgan fingerprint density at radius 3 is 2.70 bits per heavy atom. The molecule has 1 rings (SSSR count). The average Bonchev–Trinajstić information content (AvgIpc) is 2.40. The summed E-state index contributed by atoms with van der Waals surface area (Å²) in [5.41, 5.74) is 6.06. The Kier molecular flexibility index (Phi) is 5.99. The molecule has 6 nitrogen and oxygen atoms in total. The number of carbonyl (C=O) groups excluding carboxylic acids is 1. The predicted molar refractivity (Wildman–Crippen MR) is 72.6 cm³/mol. The number of carbonyl (C=O) groups is 2. The molecule has 0 aliphatic rings. The molecular formula is C14H19NO5. The number of phenols is 1. The number of nitrogens with two attached hydrogens (primary N) is 1. The van der Waals surface area contributed by atoms with Crippen molar-refractivity contribution >= 4 is 11.9 Å². The van der Waals surface area contributed by atoms with E-state index < -0.39 is 18.0 Å². The van der Waals surface area contributed by atoms with Crippen LogP contribution in [0.4, 0.5) is 0 Å². The summed E-state index contributed by atoms with van der Waals surface area (Å²) in [6, 6.07) is 3.01. The summed E-state index contributed by atoms with van der Waals surface area (Å²) < 4.78 is 5.07. The Bertz CT molecular complexity index is 486. The molecule has 1 unspecified atom stereocenters. The number of hydrogen-bond donors (Lipinski definition) is 3. The van der Waals surface area contributed by atoms with Gasteiger partial charge >= 0.3 is 11.9 Å². The minimum absolute atomic E-state index is 0.00613. The van der Waals surface area contributed by atoms with Crippen LogP contribution in [0.1, 0.15) is 35.7 Å². The molecule has 0 saturated carbocycles. The number of esters is 1. The maximum Gasteiger partial charge on any atom is 0.338 e. The maximum absolute atomic E-state index is 11.9. The number of hydrogen-bond acceptors (Lipinski definition) is 5. The van der Waals surface area contributed by atoms with Gasteiger partial charge in [-0.3, -0.25) is 4.79 Å². The molecule has 0 aliphatic carbocycles. The predicted octanol–water partition coefficient (Wildman–Crippen LogP) is 1.30. The lowest BCUT2D eigenvalue weighted by Gasteiger charge is -2.12. The number of carboxylic acids is 1. The molecule has 0 radical (unpaired) electrons. The minimum Gasteiger partial charge on any atom is -0.508 e. The SMILES string of the molecule is CCCCOC(=O)c1cc(O)ccc1CC(N)C(=O)O. The van der Waals surface area contributed by atoms with E-state index in [9.17, 15) is 14.7 Å². The Balaban J connectivity index is 2.89. The van der Waals surface area contributed by atoms with E-state index in [1.165, 1.54) is 18.2 Å². The molecule has 6 heteroatoms. The third-order valence-electron chi connectivity index (χ3n) is 2.80. The number of phenolic OH excluding ortho intramolecular Hbond substituents is 1. The van der Waals surface area contributed by atoms with Crippen LogP contribution in [-0.2, 0) is 16.0 Å². The number of aromatic hydroxyl groups is 1. The van der Waals surface area contributed by atoms with Crippen LogP contribution in [0, 0.1) is 0 Å². The molecule has 0 fully saturated rings. The van der Waals surface area contributed by atoms with Crippen molar-refractivity contribution in [2.45, 2.75) is 32.2 Å². The van der Waals surface area contributed by atoms with Crippen molar-refractivity contribution in [2.24, 2.45) is 5.73 Å². The van der Waals surface area contributed by atoms with Crippen molar-refractivity contribution in [2.75, 3.05) is 6.61 Å². The van der Waals surface area contributed by atoms with Crippen LogP contribution in [0.2, 0.25) is 0 Å². The van der Waals surface area contributed by atoms with E-state index in [2.05, 4.69) is 0 Å². The highest BCUT2D eigenvalue weighted by atomic mass is 16.5. The van der Waals surface area contributed by atoms with Crippen LogP contribution in [-0.4, -0.2) is 34.8 Å². The Morgan fingerprint density at radius 1 is 1.40 bits per heavy atom. The van der Waals surface area contributed by atoms with Gasteiger partial charge in [-0.25, -0.2) is 4.79 Å². The molecule has 1 aromatic carbocycles. The van der Waals surface area contributed by atoms with Crippen molar-refractivity contribution in [3.05, 3.63) is 29.3 Å². The lowest BCUT2D eigenvalue weighted by Crippen LogP contribution is -2.32. The van der Waals surface area contributed by atoms with Crippen molar-refractivity contribution < 1.29 is 24.5 Å². The molecule has 0 spiro atoms. The summed E-state index contributed by atoms with van der Waals surface area (Å²) >= 11 is 0. The zero-order valence-electron chi connectivity index (χ0n) is 11.3. The molecular weight excluding hydrogens is 262 g/mol. The van der Waals surface area contributed by atoms with Gasteiger partial charge in [0.2, 0.25) is 0 Å². The monoisotopic (exact) mass is 281 g/mol. The molecule has 0 aliphatic heterocycles. The molecule has 0 saturated heterocycles.